The molecular weight excluding hydrogens is 360 g/mol. The second kappa shape index (κ2) is 6.91. The number of carbonyl (C=O) groups is 1. The molecule has 1 aromatic carbocycles. The summed E-state index contributed by atoms with van der Waals surface area (Å²) in [7, 11) is 1.59. The summed E-state index contributed by atoms with van der Waals surface area (Å²) in [5.41, 5.74) is 2.38. The lowest BCUT2D eigenvalue weighted by Gasteiger charge is -2.43. The Bertz CT molecular complexity index is 1000. The zero-order chi connectivity index (χ0) is 19.9. The van der Waals surface area contributed by atoms with E-state index in [0.717, 1.165) is 22.4 Å². The lowest BCUT2D eigenvalue weighted by molar-refractivity contribution is -0.130. The maximum absolute atomic E-state index is 12.6. The Hall–Kier alpha value is -2.49. The van der Waals surface area contributed by atoms with Crippen molar-refractivity contribution in [3.63, 3.8) is 0 Å². The Balaban J connectivity index is 2.36. The van der Waals surface area contributed by atoms with E-state index in [4.69, 9.17) is 17.0 Å². The maximum Gasteiger partial charge on any atom is 0.136 e. The Kier molecular flexibility index (Phi) is 4.94. The molecule has 2 N–H and O–H groups in total. The van der Waals surface area contributed by atoms with Gasteiger partial charge in [-0.1, -0.05) is 24.4 Å². The molecule has 1 aromatic heterocycles. The monoisotopic (exact) mass is 382 g/mol. The summed E-state index contributed by atoms with van der Waals surface area (Å²) in [6.45, 7) is 5.06. The molecule has 0 spiro atoms. The van der Waals surface area contributed by atoms with Crippen LogP contribution in [0.25, 0.3) is 0 Å². The van der Waals surface area contributed by atoms with Crippen molar-refractivity contribution >= 4 is 18.0 Å². The number of ether oxygens (including phenoxy) is 1. The Morgan fingerprint density at radius 3 is 2.56 bits per heavy atom. The van der Waals surface area contributed by atoms with Crippen LogP contribution in [0.5, 0.6) is 5.75 Å². The number of nitrogens with zero attached hydrogens (tertiary/aromatic N) is 1. The van der Waals surface area contributed by atoms with E-state index in [9.17, 15) is 15.2 Å². The Morgan fingerprint density at radius 1 is 1.41 bits per heavy atom. The smallest absolute Gasteiger partial charge is 0.136 e. The van der Waals surface area contributed by atoms with Gasteiger partial charge in [-0.2, -0.15) is 5.26 Å². The molecule has 0 saturated heterocycles. The molecule has 1 aliphatic rings. The first-order valence-electron chi connectivity index (χ1n) is 8.73. The van der Waals surface area contributed by atoms with Crippen molar-refractivity contribution in [1.82, 2.24) is 4.98 Å². The largest absolute Gasteiger partial charge is 0.497 e. The van der Waals surface area contributed by atoms with E-state index in [1.54, 1.807) is 14.0 Å². The highest BCUT2D eigenvalue weighted by molar-refractivity contribution is 7.71. The van der Waals surface area contributed by atoms with Gasteiger partial charge in [0.1, 0.15) is 22.2 Å². The van der Waals surface area contributed by atoms with E-state index >= 15 is 0 Å². The van der Waals surface area contributed by atoms with Crippen LogP contribution in [0.4, 0.5) is 0 Å². The van der Waals surface area contributed by atoms with Crippen molar-refractivity contribution in [2.24, 2.45) is 5.92 Å². The molecule has 1 heterocycles. The van der Waals surface area contributed by atoms with E-state index in [1.165, 1.54) is 6.92 Å². The van der Waals surface area contributed by atoms with Crippen LogP contribution in [0.1, 0.15) is 47.7 Å². The first-order chi connectivity index (χ1) is 12.7. The fourth-order valence-electron chi connectivity index (χ4n) is 4.36. The summed E-state index contributed by atoms with van der Waals surface area (Å²) in [5, 5.41) is 20.8. The number of aromatic nitrogens is 1. The van der Waals surface area contributed by atoms with Crippen LogP contribution in [-0.4, -0.2) is 28.6 Å². The SMILES string of the molecule is COc1ccc(C2c3c(C)[nH]c(=S)c(C#N)c3CC(C)(O)C2C(C)=O)cc1. The lowest BCUT2D eigenvalue weighted by Crippen LogP contribution is -2.48. The number of benzene rings is 1. The van der Waals surface area contributed by atoms with Gasteiger partial charge in [-0.3, -0.25) is 4.79 Å². The summed E-state index contributed by atoms with van der Waals surface area (Å²) in [5.74, 6) is -0.395. The number of aryl methyl sites for hydroxylation is 1. The number of fused-ring (bicyclic) bond motifs is 1. The van der Waals surface area contributed by atoms with Gasteiger partial charge in [-0.25, -0.2) is 0 Å². The number of Topliss-reactive ketones (excluding diaryl/α,β-unsaturated/α-hetero) is 1. The van der Waals surface area contributed by atoms with Crippen LogP contribution >= 0.6 is 12.2 Å². The third-order valence-electron chi connectivity index (χ3n) is 5.43. The molecule has 0 fully saturated rings. The number of carbonyl (C=O) groups excluding carboxylic acids is 1. The van der Waals surface area contributed by atoms with Gasteiger partial charge < -0.3 is 14.8 Å². The van der Waals surface area contributed by atoms with Crippen LogP contribution in [0.2, 0.25) is 0 Å². The van der Waals surface area contributed by atoms with Gasteiger partial charge in [0, 0.05) is 18.0 Å². The predicted octanol–water partition coefficient (Wildman–Crippen LogP) is 3.58. The zero-order valence-electron chi connectivity index (χ0n) is 15.8. The normalized spacial score (nSPS) is 24.0. The number of rotatable bonds is 3. The van der Waals surface area contributed by atoms with E-state index in [2.05, 4.69) is 11.1 Å². The van der Waals surface area contributed by atoms with Gasteiger partial charge in [0.15, 0.2) is 0 Å². The van der Waals surface area contributed by atoms with Gasteiger partial charge in [0.25, 0.3) is 0 Å². The average Bonchev–Trinajstić information content (AvgIpc) is 2.59. The number of pyridine rings is 1. The summed E-state index contributed by atoms with van der Waals surface area (Å²) >= 11 is 5.33. The second-order valence-corrected chi connectivity index (χ2v) is 7.74. The summed E-state index contributed by atoms with van der Waals surface area (Å²) < 4.78 is 5.60. The second-order valence-electron chi connectivity index (χ2n) is 7.33. The molecule has 0 amide bonds. The molecule has 6 heteroatoms. The predicted molar refractivity (Wildman–Crippen MR) is 104 cm³/mol. The topological polar surface area (TPSA) is 86.1 Å². The molecule has 0 bridgehead atoms. The van der Waals surface area contributed by atoms with Gasteiger partial charge in [0.2, 0.25) is 0 Å². The third kappa shape index (κ3) is 3.18. The number of ketones is 1. The molecule has 5 nitrogen and oxygen atoms in total. The highest BCUT2D eigenvalue weighted by Crippen LogP contribution is 2.48. The van der Waals surface area contributed by atoms with Crippen molar-refractivity contribution in [1.29, 1.82) is 5.26 Å². The highest BCUT2D eigenvalue weighted by atomic mass is 32.1. The molecule has 1 aliphatic carbocycles. The van der Waals surface area contributed by atoms with Gasteiger partial charge in [-0.15, -0.1) is 0 Å². The molecule has 140 valence electrons. The fraction of sp³-hybridized carbons (Fsp3) is 0.381. The molecule has 2 aromatic rings. The fourth-order valence-corrected chi connectivity index (χ4v) is 4.68. The maximum atomic E-state index is 12.6. The number of nitriles is 1. The summed E-state index contributed by atoms with van der Waals surface area (Å²) in [4.78, 5) is 15.7. The van der Waals surface area contributed by atoms with Crippen LogP contribution in [0.15, 0.2) is 24.3 Å². The average molecular weight is 382 g/mol. The lowest BCUT2D eigenvalue weighted by atomic mass is 9.62. The highest BCUT2D eigenvalue weighted by Gasteiger charge is 2.48. The number of hydrogen-bond acceptors (Lipinski definition) is 5. The van der Waals surface area contributed by atoms with Gasteiger partial charge >= 0.3 is 0 Å². The quantitative estimate of drug-likeness (QED) is 0.793. The minimum atomic E-state index is -1.29. The molecular formula is C21H22N2O3S. The van der Waals surface area contributed by atoms with Crippen molar-refractivity contribution < 1.29 is 14.6 Å². The van der Waals surface area contributed by atoms with Gasteiger partial charge in [0.05, 0.1) is 24.2 Å². The summed E-state index contributed by atoms with van der Waals surface area (Å²) in [6, 6.07) is 9.64. The van der Waals surface area contributed by atoms with Crippen LogP contribution < -0.4 is 4.74 Å². The molecule has 27 heavy (non-hydrogen) atoms. The number of nitrogens with one attached hydrogen (secondary N) is 1. The number of aliphatic hydroxyl groups is 1. The van der Waals surface area contributed by atoms with Crippen LogP contribution in [0, 0.1) is 28.8 Å². The molecule has 0 radical (unpaired) electrons. The molecule has 3 rings (SSSR count). The third-order valence-corrected chi connectivity index (χ3v) is 5.74. The first kappa shape index (κ1) is 19.3. The van der Waals surface area contributed by atoms with Crippen LogP contribution in [0.3, 0.4) is 0 Å². The Labute approximate surface area is 163 Å². The molecule has 0 saturated carbocycles. The minimum absolute atomic E-state index is 0.0909. The zero-order valence-corrected chi connectivity index (χ0v) is 16.6. The number of methoxy groups -OCH3 is 1. The van der Waals surface area contributed by atoms with Crippen molar-refractivity contribution in [3.05, 3.63) is 56.9 Å². The number of aromatic amines is 1. The Morgan fingerprint density at radius 2 is 2.04 bits per heavy atom. The first-order valence-corrected chi connectivity index (χ1v) is 9.14. The van der Waals surface area contributed by atoms with Crippen LogP contribution in [-0.2, 0) is 11.2 Å². The van der Waals surface area contributed by atoms with E-state index < -0.39 is 11.5 Å². The van der Waals surface area contributed by atoms with E-state index in [1.807, 2.05) is 31.2 Å². The number of H-pyrrole nitrogens is 1. The molecule has 3 atom stereocenters. The van der Waals surface area contributed by atoms with E-state index in [-0.39, 0.29) is 18.1 Å². The molecule has 3 unspecified atom stereocenters. The van der Waals surface area contributed by atoms with Crippen molar-refractivity contribution in [2.75, 3.05) is 7.11 Å². The molecule has 0 aliphatic heterocycles. The van der Waals surface area contributed by atoms with E-state index in [0.29, 0.717) is 16.0 Å². The van der Waals surface area contributed by atoms with Crippen molar-refractivity contribution in [2.45, 2.75) is 38.7 Å². The number of hydrogen-bond donors (Lipinski definition) is 2. The van der Waals surface area contributed by atoms with Crippen molar-refractivity contribution in [3.8, 4) is 11.8 Å². The minimum Gasteiger partial charge on any atom is -0.497 e. The standard InChI is InChI=1S/C21H22N2O3S/c1-11-17-15(16(10-22)20(27)23-11)9-21(3,25)19(12(2)24)18(17)13-5-7-14(26-4)8-6-13/h5-8,18-19,25H,9H2,1-4H3,(H,23,27). The van der Waals surface area contributed by atoms with Gasteiger partial charge in [-0.05, 0) is 49.6 Å². The summed E-state index contributed by atoms with van der Waals surface area (Å²) in [6.07, 6.45) is 0.210.